The van der Waals surface area contributed by atoms with Crippen LogP contribution in [0.3, 0.4) is 0 Å². The second-order valence-corrected chi connectivity index (χ2v) is 5.54. The van der Waals surface area contributed by atoms with E-state index in [1.54, 1.807) is 4.90 Å². The Bertz CT molecular complexity index is 235. The van der Waals surface area contributed by atoms with Crippen LogP contribution >= 0.6 is 0 Å². The van der Waals surface area contributed by atoms with Crippen molar-refractivity contribution in [1.29, 1.82) is 0 Å². The van der Waals surface area contributed by atoms with E-state index in [4.69, 9.17) is 0 Å². The van der Waals surface area contributed by atoms with Gasteiger partial charge in [-0.15, -0.1) is 0 Å². The lowest BCUT2D eigenvalue weighted by molar-refractivity contribution is -0.149. The average molecular weight is 211 g/mol. The summed E-state index contributed by atoms with van der Waals surface area (Å²) in [7, 11) is 3.77. The van der Waals surface area contributed by atoms with Gasteiger partial charge in [-0.3, -0.25) is 4.79 Å². The summed E-state index contributed by atoms with van der Waals surface area (Å²) in [6.45, 7) is 6.65. The van der Waals surface area contributed by atoms with E-state index >= 15 is 0 Å². The maximum absolute atomic E-state index is 12.4. The SMILES string of the molecule is CC(C)C1(C(=O)N(C)C)CCCCC1C. The fourth-order valence-electron chi connectivity index (χ4n) is 3.21. The van der Waals surface area contributed by atoms with Crippen LogP contribution in [0, 0.1) is 17.3 Å². The zero-order valence-electron chi connectivity index (χ0n) is 10.8. The Hall–Kier alpha value is -0.530. The molecule has 2 nitrogen and oxygen atoms in total. The van der Waals surface area contributed by atoms with Crippen molar-refractivity contribution >= 4 is 5.91 Å². The molecule has 0 aromatic carbocycles. The van der Waals surface area contributed by atoms with Crippen molar-refractivity contribution in [3.05, 3.63) is 0 Å². The highest BCUT2D eigenvalue weighted by atomic mass is 16.2. The summed E-state index contributed by atoms with van der Waals surface area (Å²) in [6.07, 6.45) is 4.78. The molecule has 2 atom stereocenters. The molecule has 0 aliphatic heterocycles. The Morgan fingerprint density at radius 1 is 1.33 bits per heavy atom. The van der Waals surface area contributed by atoms with Crippen molar-refractivity contribution in [2.45, 2.75) is 46.5 Å². The molecule has 2 unspecified atom stereocenters. The molecule has 1 amide bonds. The van der Waals surface area contributed by atoms with Crippen molar-refractivity contribution in [1.82, 2.24) is 4.90 Å². The highest BCUT2D eigenvalue weighted by Gasteiger charge is 2.47. The van der Waals surface area contributed by atoms with E-state index in [2.05, 4.69) is 20.8 Å². The molecular formula is C13H25NO. The van der Waals surface area contributed by atoms with Crippen molar-refractivity contribution in [2.24, 2.45) is 17.3 Å². The number of hydrogen-bond acceptors (Lipinski definition) is 1. The average Bonchev–Trinajstić information content (AvgIpc) is 2.17. The summed E-state index contributed by atoms with van der Waals surface area (Å²) in [6, 6.07) is 0. The molecule has 88 valence electrons. The van der Waals surface area contributed by atoms with Crippen LogP contribution in [0.5, 0.6) is 0 Å². The molecule has 0 bridgehead atoms. The van der Waals surface area contributed by atoms with E-state index in [1.165, 1.54) is 19.3 Å². The van der Waals surface area contributed by atoms with Crippen LogP contribution in [0.25, 0.3) is 0 Å². The molecule has 0 aromatic heterocycles. The van der Waals surface area contributed by atoms with Gasteiger partial charge in [-0.25, -0.2) is 0 Å². The molecule has 1 saturated carbocycles. The van der Waals surface area contributed by atoms with E-state index in [0.29, 0.717) is 17.7 Å². The Kier molecular flexibility index (Phi) is 3.80. The van der Waals surface area contributed by atoms with Crippen LogP contribution in [-0.4, -0.2) is 24.9 Å². The molecule has 0 heterocycles. The van der Waals surface area contributed by atoms with Crippen LogP contribution in [0.15, 0.2) is 0 Å². The standard InChI is InChI=1S/C13H25NO/c1-10(2)13(12(15)14(4)5)9-7-6-8-11(13)3/h10-11H,6-9H2,1-5H3. The van der Waals surface area contributed by atoms with Crippen molar-refractivity contribution in [2.75, 3.05) is 14.1 Å². The predicted octanol–water partition coefficient (Wildman–Crippen LogP) is 2.93. The molecule has 0 radical (unpaired) electrons. The summed E-state index contributed by atoms with van der Waals surface area (Å²) in [4.78, 5) is 14.2. The third-order valence-electron chi connectivity index (χ3n) is 4.19. The molecule has 1 fully saturated rings. The molecule has 15 heavy (non-hydrogen) atoms. The van der Waals surface area contributed by atoms with Gasteiger partial charge >= 0.3 is 0 Å². The quantitative estimate of drug-likeness (QED) is 0.687. The lowest BCUT2D eigenvalue weighted by atomic mass is 9.60. The zero-order valence-corrected chi connectivity index (χ0v) is 10.8. The molecule has 1 aliphatic rings. The Morgan fingerprint density at radius 3 is 2.33 bits per heavy atom. The summed E-state index contributed by atoms with van der Waals surface area (Å²) in [5.41, 5.74) is -0.0955. The van der Waals surface area contributed by atoms with Gasteiger partial charge in [-0.1, -0.05) is 33.6 Å². The predicted molar refractivity (Wildman–Crippen MR) is 63.6 cm³/mol. The number of amides is 1. The molecule has 0 aromatic rings. The maximum Gasteiger partial charge on any atom is 0.228 e. The van der Waals surface area contributed by atoms with Gasteiger partial charge < -0.3 is 4.90 Å². The van der Waals surface area contributed by atoms with Gasteiger partial charge in [-0.2, -0.15) is 0 Å². The fourth-order valence-corrected chi connectivity index (χ4v) is 3.21. The minimum atomic E-state index is -0.0955. The van der Waals surface area contributed by atoms with Crippen LogP contribution < -0.4 is 0 Å². The van der Waals surface area contributed by atoms with Crippen LogP contribution in [0.4, 0.5) is 0 Å². The first kappa shape index (κ1) is 12.5. The van der Waals surface area contributed by atoms with E-state index < -0.39 is 0 Å². The van der Waals surface area contributed by atoms with E-state index in [-0.39, 0.29) is 5.41 Å². The van der Waals surface area contributed by atoms with Gasteiger partial charge in [0, 0.05) is 14.1 Å². The second-order valence-electron chi connectivity index (χ2n) is 5.54. The van der Waals surface area contributed by atoms with Gasteiger partial charge in [0.1, 0.15) is 0 Å². The third kappa shape index (κ3) is 2.04. The van der Waals surface area contributed by atoms with Crippen molar-refractivity contribution in [3.63, 3.8) is 0 Å². The van der Waals surface area contributed by atoms with Gasteiger partial charge in [0.05, 0.1) is 5.41 Å². The minimum Gasteiger partial charge on any atom is -0.348 e. The highest BCUT2D eigenvalue weighted by molar-refractivity contribution is 5.83. The van der Waals surface area contributed by atoms with Gasteiger partial charge in [0.25, 0.3) is 0 Å². The Balaban J connectivity index is 3.01. The number of carbonyl (C=O) groups is 1. The van der Waals surface area contributed by atoms with Gasteiger partial charge in [0.2, 0.25) is 5.91 Å². The first-order valence-electron chi connectivity index (χ1n) is 6.14. The summed E-state index contributed by atoms with van der Waals surface area (Å²) in [5, 5.41) is 0. The largest absolute Gasteiger partial charge is 0.348 e. The van der Waals surface area contributed by atoms with Crippen LogP contribution in [0.2, 0.25) is 0 Å². The maximum atomic E-state index is 12.4. The Labute approximate surface area is 94.0 Å². The number of rotatable bonds is 2. The van der Waals surface area contributed by atoms with Crippen LogP contribution in [0.1, 0.15) is 46.5 Å². The number of hydrogen-bond donors (Lipinski definition) is 0. The molecule has 1 rings (SSSR count). The van der Waals surface area contributed by atoms with E-state index in [1.807, 2.05) is 14.1 Å². The van der Waals surface area contributed by atoms with Crippen molar-refractivity contribution in [3.8, 4) is 0 Å². The summed E-state index contributed by atoms with van der Waals surface area (Å²) >= 11 is 0. The topological polar surface area (TPSA) is 20.3 Å². The van der Waals surface area contributed by atoms with Gasteiger partial charge in [0.15, 0.2) is 0 Å². The highest BCUT2D eigenvalue weighted by Crippen LogP contribution is 2.47. The van der Waals surface area contributed by atoms with E-state index in [0.717, 1.165) is 6.42 Å². The minimum absolute atomic E-state index is 0.0955. The van der Waals surface area contributed by atoms with Crippen molar-refractivity contribution < 1.29 is 4.79 Å². The first-order chi connectivity index (χ1) is 6.93. The fraction of sp³-hybridized carbons (Fsp3) is 0.923. The molecule has 1 aliphatic carbocycles. The molecule has 2 heteroatoms. The number of nitrogens with zero attached hydrogens (tertiary/aromatic N) is 1. The third-order valence-corrected chi connectivity index (χ3v) is 4.19. The van der Waals surface area contributed by atoms with Crippen LogP contribution in [-0.2, 0) is 4.79 Å². The monoisotopic (exact) mass is 211 g/mol. The summed E-state index contributed by atoms with van der Waals surface area (Å²) < 4.78 is 0. The normalized spacial score (nSPS) is 31.7. The molecule has 0 spiro atoms. The van der Waals surface area contributed by atoms with Gasteiger partial charge in [-0.05, 0) is 24.7 Å². The smallest absolute Gasteiger partial charge is 0.228 e. The zero-order chi connectivity index (χ0) is 11.6. The lowest BCUT2D eigenvalue weighted by Crippen LogP contribution is -2.49. The number of carbonyl (C=O) groups excluding carboxylic acids is 1. The molecule has 0 saturated heterocycles. The lowest BCUT2D eigenvalue weighted by Gasteiger charge is -2.45. The molecular weight excluding hydrogens is 186 g/mol. The van der Waals surface area contributed by atoms with E-state index in [9.17, 15) is 4.79 Å². The Morgan fingerprint density at radius 2 is 1.93 bits per heavy atom. The summed E-state index contributed by atoms with van der Waals surface area (Å²) in [5.74, 6) is 1.31. The first-order valence-corrected chi connectivity index (χ1v) is 6.14. The second kappa shape index (κ2) is 4.54. The molecule has 0 N–H and O–H groups in total.